The Kier molecular flexibility index (Phi) is 6.57. The molecule has 3 fully saturated rings. The summed E-state index contributed by atoms with van der Waals surface area (Å²) in [5.41, 5.74) is 0.995. The predicted molar refractivity (Wildman–Crippen MR) is 108 cm³/mol. The number of hydrogen-bond donors (Lipinski definition) is 2. The molecule has 2 atom stereocenters. The lowest BCUT2D eigenvalue weighted by molar-refractivity contribution is -0.161. The molecule has 0 radical (unpaired) electrons. The number of esters is 1. The number of ether oxygens (including phenoxy) is 3. The molecule has 3 aliphatic heterocycles. The minimum Gasteiger partial charge on any atom is -0.504 e. The van der Waals surface area contributed by atoms with Gasteiger partial charge in [-0.2, -0.15) is 0 Å². The number of likely N-dealkylation sites (tertiary alicyclic amines) is 1. The first-order valence-electron chi connectivity index (χ1n) is 10.7. The van der Waals surface area contributed by atoms with Gasteiger partial charge < -0.3 is 29.5 Å². The molecular formula is C22H32N2O5. The summed E-state index contributed by atoms with van der Waals surface area (Å²) in [5, 5.41) is 13.4. The van der Waals surface area contributed by atoms with Crippen LogP contribution in [-0.2, 0) is 20.7 Å². The smallest absolute Gasteiger partial charge is 0.311 e. The average molecular weight is 405 g/mol. The summed E-state index contributed by atoms with van der Waals surface area (Å²) in [7, 11) is 1.54. The number of carbonyl (C=O) groups is 1. The molecule has 2 N–H and O–H groups in total. The van der Waals surface area contributed by atoms with E-state index in [1.54, 1.807) is 12.1 Å². The van der Waals surface area contributed by atoms with Gasteiger partial charge in [0.1, 0.15) is 6.10 Å². The Labute approximate surface area is 172 Å². The number of hydrogen-bond acceptors (Lipinski definition) is 7. The van der Waals surface area contributed by atoms with Crippen molar-refractivity contribution in [2.24, 2.45) is 11.8 Å². The van der Waals surface area contributed by atoms with E-state index in [1.165, 1.54) is 7.11 Å². The molecule has 3 saturated heterocycles. The van der Waals surface area contributed by atoms with Gasteiger partial charge >= 0.3 is 5.97 Å². The van der Waals surface area contributed by atoms with Crippen LogP contribution in [0.4, 0.5) is 0 Å². The van der Waals surface area contributed by atoms with Crippen molar-refractivity contribution in [1.82, 2.24) is 10.2 Å². The van der Waals surface area contributed by atoms with Gasteiger partial charge in [-0.1, -0.05) is 6.07 Å². The van der Waals surface area contributed by atoms with E-state index in [0.717, 1.165) is 64.2 Å². The van der Waals surface area contributed by atoms with Crippen molar-refractivity contribution in [2.75, 3.05) is 46.5 Å². The fourth-order valence-electron chi connectivity index (χ4n) is 4.61. The van der Waals surface area contributed by atoms with Gasteiger partial charge in [-0.25, -0.2) is 0 Å². The Balaban J connectivity index is 1.23. The van der Waals surface area contributed by atoms with Gasteiger partial charge in [0, 0.05) is 38.9 Å². The van der Waals surface area contributed by atoms with Crippen molar-refractivity contribution in [3.8, 4) is 11.5 Å². The second kappa shape index (κ2) is 9.32. The van der Waals surface area contributed by atoms with Crippen molar-refractivity contribution in [1.29, 1.82) is 0 Å². The van der Waals surface area contributed by atoms with E-state index in [-0.39, 0.29) is 29.8 Å². The van der Waals surface area contributed by atoms with Crippen LogP contribution in [0.15, 0.2) is 18.2 Å². The molecule has 7 nitrogen and oxygen atoms in total. The molecule has 1 aromatic carbocycles. The van der Waals surface area contributed by atoms with Gasteiger partial charge in [-0.05, 0) is 55.8 Å². The van der Waals surface area contributed by atoms with E-state index in [9.17, 15) is 9.90 Å². The molecule has 4 rings (SSSR count). The largest absolute Gasteiger partial charge is 0.504 e. The average Bonchev–Trinajstić information content (AvgIpc) is 3.11. The Morgan fingerprint density at radius 3 is 2.79 bits per heavy atom. The summed E-state index contributed by atoms with van der Waals surface area (Å²) in [5.74, 6) is 1.23. The number of carbonyl (C=O) groups excluding carboxylic acids is 1. The highest BCUT2D eigenvalue weighted by Crippen LogP contribution is 2.28. The number of rotatable bonds is 7. The van der Waals surface area contributed by atoms with Crippen LogP contribution in [0, 0.1) is 11.8 Å². The highest BCUT2D eigenvalue weighted by molar-refractivity contribution is 5.74. The van der Waals surface area contributed by atoms with Crippen LogP contribution in [-0.4, -0.2) is 74.6 Å². The lowest BCUT2D eigenvalue weighted by Crippen LogP contribution is -2.53. The highest BCUT2D eigenvalue weighted by atomic mass is 16.5. The quantitative estimate of drug-likeness (QED) is 0.668. The number of nitrogens with zero attached hydrogens (tertiary/aromatic N) is 1. The van der Waals surface area contributed by atoms with Crippen molar-refractivity contribution in [3.63, 3.8) is 0 Å². The molecule has 7 heteroatoms. The number of phenolic OH excluding ortho intramolecular Hbond substituents is 1. The van der Waals surface area contributed by atoms with Gasteiger partial charge in [0.05, 0.1) is 13.0 Å². The summed E-state index contributed by atoms with van der Waals surface area (Å²) < 4.78 is 16.4. The molecule has 3 heterocycles. The molecule has 0 spiro atoms. The van der Waals surface area contributed by atoms with Crippen LogP contribution < -0.4 is 10.1 Å². The maximum absolute atomic E-state index is 12.6. The molecule has 1 aromatic rings. The van der Waals surface area contributed by atoms with Gasteiger partial charge in [0.15, 0.2) is 11.5 Å². The van der Waals surface area contributed by atoms with Gasteiger partial charge in [0.2, 0.25) is 0 Å². The maximum Gasteiger partial charge on any atom is 0.311 e. The number of methoxy groups -OCH3 is 1. The third kappa shape index (κ3) is 5.02. The summed E-state index contributed by atoms with van der Waals surface area (Å²) in [6, 6.07) is 5.50. The van der Waals surface area contributed by atoms with E-state index in [4.69, 9.17) is 14.2 Å². The molecule has 0 amide bonds. The van der Waals surface area contributed by atoms with Crippen LogP contribution in [0.2, 0.25) is 0 Å². The van der Waals surface area contributed by atoms with E-state index in [0.29, 0.717) is 18.1 Å². The number of nitrogens with one attached hydrogen (secondary N) is 1. The standard InChI is InChI=1S/C22H32N2O5/c1-27-21-3-2-16(11-19(21)25)10-18-20(4-7-23-18)29-22(26)17-13-24(14-17)12-15-5-8-28-9-6-15/h2-3,11,15,17-18,20,23,25H,4-10,12-14H2,1H3. The van der Waals surface area contributed by atoms with Crippen LogP contribution in [0.25, 0.3) is 0 Å². The Bertz CT molecular complexity index is 700. The minimum atomic E-state index is -0.115. The predicted octanol–water partition coefficient (Wildman–Crippen LogP) is 1.58. The van der Waals surface area contributed by atoms with Crippen LogP contribution in [0.3, 0.4) is 0 Å². The van der Waals surface area contributed by atoms with E-state index in [2.05, 4.69) is 10.2 Å². The van der Waals surface area contributed by atoms with E-state index in [1.807, 2.05) is 6.07 Å². The fraction of sp³-hybridized carbons (Fsp3) is 0.682. The molecule has 0 aliphatic carbocycles. The van der Waals surface area contributed by atoms with Crippen LogP contribution in [0.1, 0.15) is 24.8 Å². The van der Waals surface area contributed by atoms with Crippen molar-refractivity contribution >= 4 is 5.97 Å². The number of phenols is 1. The van der Waals surface area contributed by atoms with Crippen molar-refractivity contribution < 1.29 is 24.1 Å². The van der Waals surface area contributed by atoms with Crippen molar-refractivity contribution in [2.45, 2.75) is 37.8 Å². The Morgan fingerprint density at radius 1 is 1.28 bits per heavy atom. The first kappa shape index (κ1) is 20.4. The molecular weight excluding hydrogens is 372 g/mol. The van der Waals surface area contributed by atoms with Gasteiger partial charge in [0.25, 0.3) is 0 Å². The van der Waals surface area contributed by atoms with E-state index >= 15 is 0 Å². The fourth-order valence-corrected chi connectivity index (χ4v) is 4.61. The summed E-state index contributed by atoms with van der Waals surface area (Å²) in [6.45, 7) is 5.27. The normalized spacial score (nSPS) is 26.2. The van der Waals surface area contributed by atoms with Crippen LogP contribution >= 0.6 is 0 Å². The van der Waals surface area contributed by atoms with E-state index < -0.39 is 0 Å². The topological polar surface area (TPSA) is 80.3 Å². The Morgan fingerprint density at radius 2 is 2.07 bits per heavy atom. The molecule has 0 bridgehead atoms. The number of aromatic hydroxyl groups is 1. The second-order valence-corrected chi connectivity index (χ2v) is 8.51. The first-order chi connectivity index (χ1) is 14.1. The van der Waals surface area contributed by atoms with Gasteiger partial charge in [-0.15, -0.1) is 0 Å². The SMILES string of the molecule is COc1ccc(CC2NCCC2OC(=O)C2CN(CC3CCOCC3)C2)cc1O. The molecule has 160 valence electrons. The summed E-state index contributed by atoms with van der Waals surface area (Å²) >= 11 is 0. The highest BCUT2D eigenvalue weighted by Gasteiger charge is 2.38. The third-order valence-electron chi connectivity index (χ3n) is 6.40. The zero-order valence-corrected chi connectivity index (χ0v) is 17.1. The molecule has 0 aromatic heterocycles. The zero-order valence-electron chi connectivity index (χ0n) is 17.1. The summed E-state index contributed by atoms with van der Waals surface area (Å²) in [6.07, 6.45) is 3.67. The minimum absolute atomic E-state index is 0.00104. The lowest BCUT2D eigenvalue weighted by atomic mass is 9.94. The van der Waals surface area contributed by atoms with Crippen molar-refractivity contribution in [3.05, 3.63) is 23.8 Å². The van der Waals surface area contributed by atoms with Gasteiger partial charge in [-0.3, -0.25) is 4.79 Å². The third-order valence-corrected chi connectivity index (χ3v) is 6.40. The monoisotopic (exact) mass is 404 g/mol. The molecule has 3 aliphatic rings. The lowest BCUT2D eigenvalue weighted by Gasteiger charge is -2.40. The second-order valence-electron chi connectivity index (χ2n) is 8.51. The zero-order chi connectivity index (χ0) is 20.2. The first-order valence-corrected chi connectivity index (χ1v) is 10.7. The summed E-state index contributed by atoms with van der Waals surface area (Å²) in [4.78, 5) is 15.0. The number of benzene rings is 1. The Hall–Kier alpha value is -1.83. The van der Waals surface area contributed by atoms with Crippen LogP contribution in [0.5, 0.6) is 11.5 Å². The molecule has 2 unspecified atom stereocenters. The maximum atomic E-state index is 12.6. The molecule has 0 saturated carbocycles. The molecule has 29 heavy (non-hydrogen) atoms.